The van der Waals surface area contributed by atoms with Gasteiger partial charge in [-0.1, -0.05) is 0 Å². The van der Waals surface area contributed by atoms with Crippen LogP contribution in [-0.4, -0.2) is 48.7 Å². The lowest BCUT2D eigenvalue weighted by molar-refractivity contribution is -0.163. The summed E-state index contributed by atoms with van der Waals surface area (Å²) >= 11 is 0. The highest BCUT2D eigenvalue weighted by molar-refractivity contribution is 5.76. The van der Waals surface area contributed by atoms with Crippen LogP contribution in [0.1, 0.15) is 6.92 Å². The maximum Gasteiger partial charge on any atom is 0.337 e. The Balaban J connectivity index is 3.54. The van der Waals surface area contributed by atoms with Crippen molar-refractivity contribution >= 4 is 5.97 Å². The molecular weight excluding hydrogens is 164 g/mol. The average molecular weight is 178 g/mol. The molecule has 1 unspecified atom stereocenters. The highest BCUT2D eigenvalue weighted by Gasteiger charge is 2.29. The fraction of sp³-hybridized carbons (Fsp3) is 0.857. The topological polar surface area (TPSA) is 76.0 Å². The molecule has 72 valence electrons. The number of carboxylic acid groups (broad SMARTS) is 1. The molecule has 0 aliphatic carbocycles. The lowest BCUT2D eigenvalue weighted by Crippen LogP contribution is -2.40. The number of carbonyl (C=O) groups is 1. The van der Waals surface area contributed by atoms with Crippen LogP contribution in [0.25, 0.3) is 0 Å². The summed E-state index contributed by atoms with van der Waals surface area (Å²) in [5, 5.41) is 17.6. The Morgan fingerprint density at radius 1 is 1.50 bits per heavy atom. The van der Waals surface area contributed by atoms with E-state index >= 15 is 0 Å². The van der Waals surface area contributed by atoms with Crippen molar-refractivity contribution in [2.45, 2.75) is 12.5 Å². The lowest BCUT2D eigenvalue weighted by atomic mass is 10.1. The predicted molar refractivity (Wildman–Crippen MR) is 41.0 cm³/mol. The van der Waals surface area contributed by atoms with E-state index in [1.807, 2.05) is 0 Å². The number of ether oxygens (including phenoxy) is 2. The first-order valence-electron chi connectivity index (χ1n) is 3.53. The number of aliphatic carboxylic acids is 1. The molecule has 0 amide bonds. The molecule has 5 heteroatoms. The Kier molecular flexibility index (Phi) is 4.80. The number of methoxy groups -OCH3 is 1. The van der Waals surface area contributed by atoms with Crippen molar-refractivity contribution in [1.29, 1.82) is 0 Å². The molecule has 12 heavy (non-hydrogen) atoms. The molecule has 0 saturated carbocycles. The largest absolute Gasteiger partial charge is 0.479 e. The summed E-state index contributed by atoms with van der Waals surface area (Å²) in [7, 11) is 1.51. The van der Waals surface area contributed by atoms with Gasteiger partial charge in [-0.3, -0.25) is 0 Å². The first-order chi connectivity index (χ1) is 5.50. The van der Waals surface area contributed by atoms with E-state index in [-0.39, 0.29) is 13.2 Å². The molecule has 0 bridgehead atoms. The first-order valence-corrected chi connectivity index (χ1v) is 3.53. The predicted octanol–water partition coefficient (Wildman–Crippen LogP) is -0.515. The second-order valence-electron chi connectivity index (χ2n) is 2.62. The zero-order valence-electron chi connectivity index (χ0n) is 7.24. The Morgan fingerprint density at radius 2 is 2.08 bits per heavy atom. The third-order valence-corrected chi connectivity index (χ3v) is 1.28. The molecule has 0 heterocycles. The minimum atomic E-state index is -1.81. The highest BCUT2D eigenvalue weighted by Crippen LogP contribution is 2.03. The van der Waals surface area contributed by atoms with E-state index in [1.165, 1.54) is 14.0 Å². The Labute approximate surface area is 70.9 Å². The minimum absolute atomic E-state index is 0.230. The van der Waals surface area contributed by atoms with Crippen molar-refractivity contribution in [2.75, 3.05) is 26.9 Å². The highest BCUT2D eigenvalue weighted by atomic mass is 16.5. The summed E-state index contributed by atoms with van der Waals surface area (Å²) in [4.78, 5) is 10.3. The molecule has 2 N–H and O–H groups in total. The zero-order valence-corrected chi connectivity index (χ0v) is 7.24. The van der Waals surface area contributed by atoms with Crippen LogP contribution in [0, 0.1) is 0 Å². The van der Waals surface area contributed by atoms with Gasteiger partial charge in [0.15, 0.2) is 5.60 Å². The van der Waals surface area contributed by atoms with Gasteiger partial charge in [-0.25, -0.2) is 4.79 Å². The van der Waals surface area contributed by atoms with Crippen LogP contribution in [0.5, 0.6) is 0 Å². The van der Waals surface area contributed by atoms with Gasteiger partial charge in [0.2, 0.25) is 0 Å². The van der Waals surface area contributed by atoms with Crippen molar-refractivity contribution in [3.63, 3.8) is 0 Å². The fourth-order valence-corrected chi connectivity index (χ4v) is 0.475. The third-order valence-electron chi connectivity index (χ3n) is 1.28. The van der Waals surface area contributed by atoms with Crippen molar-refractivity contribution in [1.82, 2.24) is 0 Å². The Morgan fingerprint density at radius 3 is 2.50 bits per heavy atom. The Bertz CT molecular complexity index is 143. The van der Waals surface area contributed by atoms with E-state index in [0.717, 1.165) is 0 Å². The molecule has 0 aliphatic heterocycles. The van der Waals surface area contributed by atoms with Crippen molar-refractivity contribution in [3.8, 4) is 0 Å². The number of carboxylic acids is 1. The van der Waals surface area contributed by atoms with Crippen LogP contribution >= 0.6 is 0 Å². The van der Waals surface area contributed by atoms with E-state index in [4.69, 9.17) is 14.9 Å². The van der Waals surface area contributed by atoms with E-state index in [0.29, 0.717) is 6.61 Å². The molecule has 0 saturated heterocycles. The summed E-state index contributed by atoms with van der Waals surface area (Å²) in [5.74, 6) is -1.29. The molecular formula is C7H14O5. The van der Waals surface area contributed by atoms with Crippen LogP contribution in [0.15, 0.2) is 0 Å². The first kappa shape index (κ1) is 11.4. The van der Waals surface area contributed by atoms with E-state index in [2.05, 4.69) is 4.74 Å². The smallest absolute Gasteiger partial charge is 0.337 e. The summed E-state index contributed by atoms with van der Waals surface area (Å²) in [6, 6.07) is 0. The van der Waals surface area contributed by atoms with Gasteiger partial charge in [0.1, 0.15) is 0 Å². The maximum atomic E-state index is 10.3. The van der Waals surface area contributed by atoms with Gasteiger partial charge in [-0.2, -0.15) is 0 Å². The number of hydrogen-bond donors (Lipinski definition) is 2. The summed E-state index contributed by atoms with van der Waals surface area (Å²) in [5.41, 5.74) is -1.81. The average Bonchev–Trinajstić information content (AvgIpc) is 1.98. The van der Waals surface area contributed by atoms with Crippen molar-refractivity contribution in [2.24, 2.45) is 0 Å². The third kappa shape index (κ3) is 4.27. The van der Waals surface area contributed by atoms with E-state index in [1.54, 1.807) is 0 Å². The van der Waals surface area contributed by atoms with Gasteiger partial charge in [0, 0.05) is 7.11 Å². The van der Waals surface area contributed by atoms with Gasteiger partial charge in [0.25, 0.3) is 0 Å². The lowest BCUT2D eigenvalue weighted by Gasteiger charge is -2.17. The molecule has 1 atom stereocenters. The number of rotatable bonds is 6. The molecule has 0 rings (SSSR count). The second kappa shape index (κ2) is 5.08. The van der Waals surface area contributed by atoms with Gasteiger partial charge < -0.3 is 19.7 Å². The Hall–Kier alpha value is -0.650. The molecule has 0 fully saturated rings. The summed E-state index contributed by atoms with van der Waals surface area (Å²) < 4.78 is 9.51. The molecule has 5 nitrogen and oxygen atoms in total. The van der Waals surface area contributed by atoms with Gasteiger partial charge in [0.05, 0.1) is 19.8 Å². The normalized spacial score (nSPS) is 15.6. The second-order valence-corrected chi connectivity index (χ2v) is 2.62. The van der Waals surface area contributed by atoms with Gasteiger partial charge in [-0.15, -0.1) is 0 Å². The summed E-state index contributed by atoms with van der Waals surface area (Å²) in [6.45, 7) is 1.61. The van der Waals surface area contributed by atoms with Crippen LogP contribution in [0.3, 0.4) is 0 Å². The number of hydrogen-bond acceptors (Lipinski definition) is 4. The maximum absolute atomic E-state index is 10.3. The van der Waals surface area contributed by atoms with Gasteiger partial charge >= 0.3 is 5.97 Å². The van der Waals surface area contributed by atoms with Crippen molar-refractivity contribution in [3.05, 3.63) is 0 Å². The van der Waals surface area contributed by atoms with E-state index in [9.17, 15) is 4.79 Å². The molecule has 0 aromatic heterocycles. The van der Waals surface area contributed by atoms with Crippen LogP contribution < -0.4 is 0 Å². The summed E-state index contributed by atoms with van der Waals surface area (Å²) in [6.07, 6.45) is 0. The van der Waals surface area contributed by atoms with Gasteiger partial charge in [-0.05, 0) is 6.92 Å². The van der Waals surface area contributed by atoms with E-state index < -0.39 is 11.6 Å². The van der Waals surface area contributed by atoms with Crippen LogP contribution in [-0.2, 0) is 14.3 Å². The van der Waals surface area contributed by atoms with Crippen LogP contribution in [0.2, 0.25) is 0 Å². The minimum Gasteiger partial charge on any atom is -0.479 e. The quantitative estimate of drug-likeness (QED) is 0.535. The zero-order chi connectivity index (χ0) is 9.61. The SMILES string of the molecule is COCCOCC(C)(O)C(=O)O. The van der Waals surface area contributed by atoms with Crippen LogP contribution in [0.4, 0.5) is 0 Å². The molecule has 0 spiro atoms. The van der Waals surface area contributed by atoms with Crippen molar-refractivity contribution < 1.29 is 24.5 Å². The fourth-order valence-electron chi connectivity index (χ4n) is 0.475. The molecule has 0 radical (unpaired) electrons. The monoisotopic (exact) mass is 178 g/mol. The molecule has 0 aliphatic rings. The molecule has 0 aromatic rings. The number of aliphatic hydroxyl groups is 1. The standard InChI is InChI=1S/C7H14O5/c1-7(10,6(8)9)5-12-4-3-11-2/h10H,3-5H2,1-2H3,(H,8,9). The molecule has 0 aromatic carbocycles.